The van der Waals surface area contributed by atoms with Gasteiger partial charge in [0.25, 0.3) is 0 Å². The molecule has 1 aromatic carbocycles. The number of aromatic nitrogens is 3. The standard InChI is InChI=1S/C20H15F3N4/c1-13-3-2-8-24-19(13)15-9-14-10-25-26-11-18(14)27(12-15)17-6-4-16(5-7-17)20(21,22)23/h2-11H,12H2,1H3. The Morgan fingerprint density at radius 2 is 1.74 bits per heavy atom. The van der Waals surface area contributed by atoms with Crippen LogP contribution in [0.4, 0.5) is 24.5 Å². The zero-order valence-electron chi connectivity index (χ0n) is 14.4. The number of halogens is 3. The first-order valence-electron chi connectivity index (χ1n) is 8.31. The molecule has 0 bridgehead atoms. The van der Waals surface area contributed by atoms with Crippen LogP contribution in [0.5, 0.6) is 0 Å². The number of fused-ring (bicyclic) bond motifs is 1. The summed E-state index contributed by atoms with van der Waals surface area (Å²) in [6.45, 7) is 2.45. The van der Waals surface area contributed by atoms with Gasteiger partial charge in [-0.3, -0.25) is 4.98 Å². The largest absolute Gasteiger partial charge is 0.416 e. The topological polar surface area (TPSA) is 41.9 Å². The van der Waals surface area contributed by atoms with Gasteiger partial charge in [-0.15, -0.1) is 0 Å². The van der Waals surface area contributed by atoms with Gasteiger partial charge < -0.3 is 4.90 Å². The Morgan fingerprint density at radius 1 is 1.00 bits per heavy atom. The van der Waals surface area contributed by atoms with Crippen molar-refractivity contribution in [2.75, 3.05) is 11.4 Å². The van der Waals surface area contributed by atoms with E-state index in [2.05, 4.69) is 15.2 Å². The Labute approximate surface area is 154 Å². The van der Waals surface area contributed by atoms with E-state index < -0.39 is 11.7 Å². The summed E-state index contributed by atoms with van der Waals surface area (Å²) >= 11 is 0. The molecule has 3 aromatic rings. The van der Waals surface area contributed by atoms with Gasteiger partial charge in [0.1, 0.15) is 0 Å². The van der Waals surface area contributed by atoms with Crippen molar-refractivity contribution in [2.24, 2.45) is 0 Å². The maximum absolute atomic E-state index is 12.9. The monoisotopic (exact) mass is 368 g/mol. The van der Waals surface area contributed by atoms with Crippen LogP contribution in [0.1, 0.15) is 22.4 Å². The minimum Gasteiger partial charge on any atom is -0.335 e. The van der Waals surface area contributed by atoms with Crippen LogP contribution in [0.15, 0.2) is 55.0 Å². The highest BCUT2D eigenvalue weighted by Crippen LogP contribution is 2.38. The fourth-order valence-electron chi connectivity index (χ4n) is 3.18. The van der Waals surface area contributed by atoms with Gasteiger partial charge >= 0.3 is 6.18 Å². The smallest absolute Gasteiger partial charge is 0.335 e. The third-order valence-corrected chi connectivity index (χ3v) is 4.51. The molecule has 1 aliphatic heterocycles. The van der Waals surface area contributed by atoms with E-state index in [1.165, 1.54) is 12.1 Å². The highest BCUT2D eigenvalue weighted by molar-refractivity contribution is 5.92. The number of benzene rings is 1. The number of rotatable bonds is 2. The first kappa shape index (κ1) is 17.2. The summed E-state index contributed by atoms with van der Waals surface area (Å²) in [6.07, 6.45) is 2.63. The molecule has 0 saturated heterocycles. The average Bonchev–Trinajstić information content (AvgIpc) is 2.67. The summed E-state index contributed by atoms with van der Waals surface area (Å²) in [5, 5.41) is 7.86. The molecule has 1 aliphatic rings. The van der Waals surface area contributed by atoms with Crippen molar-refractivity contribution < 1.29 is 13.2 Å². The van der Waals surface area contributed by atoms with Crippen molar-refractivity contribution in [3.8, 4) is 0 Å². The molecule has 2 aromatic heterocycles. The third kappa shape index (κ3) is 3.28. The molecule has 0 spiro atoms. The van der Waals surface area contributed by atoms with Gasteiger partial charge in [0, 0.05) is 17.4 Å². The molecule has 7 heteroatoms. The van der Waals surface area contributed by atoms with Crippen LogP contribution < -0.4 is 4.90 Å². The molecule has 0 N–H and O–H groups in total. The normalized spacial score (nSPS) is 13.9. The number of hydrogen-bond acceptors (Lipinski definition) is 4. The lowest BCUT2D eigenvalue weighted by Crippen LogP contribution is -2.24. The minimum absolute atomic E-state index is 0.474. The Hall–Kier alpha value is -3.22. The van der Waals surface area contributed by atoms with E-state index in [9.17, 15) is 13.2 Å². The first-order chi connectivity index (χ1) is 12.9. The zero-order chi connectivity index (χ0) is 19.0. The van der Waals surface area contributed by atoms with Gasteiger partial charge in [0.2, 0.25) is 0 Å². The number of pyridine rings is 1. The highest BCUT2D eigenvalue weighted by Gasteiger charge is 2.30. The zero-order valence-corrected chi connectivity index (χ0v) is 14.4. The van der Waals surface area contributed by atoms with E-state index in [-0.39, 0.29) is 0 Å². The van der Waals surface area contributed by atoms with Gasteiger partial charge in [-0.2, -0.15) is 23.4 Å². The fourth-order valence-corrected chi connectivity index (χ4v) is 3.18. The second-order valence-electron chi connectivity index (χ2n) is 6.30. The van der Waals surface area contributed by atoms with Crippen LogP contribution in [-0.4, -0.2) is 21.7 Å². The molecule has 3 heterocycles. The SMILES string of the molecule is Cc1cccnc1C1=Cc2cnncc2N(c2ccc(C(F)(F)F)cc2)C1. The lowest BCUT2D eigenvalue weighted by Gasteiger charge is -2.31. The van der Waals surface area contributed by atoms with E-state index >= 15 is 0 Å². The quantitative estimate of drug-likeness (QED) is 0.646. The van der Waals surface area contributed by atoms with Crippen molar-refractivity contribution in [2.45, 2.75) is 13.1 Å². The second-order valence-corrected chi connectivity index (χ2v) is 6.30. The third-order valence-electron chi connectivity index (χ3n) is 4.51. The van der Waals surface area contributed by atoms with Gasteiger partial charge in [-0.05, 0) is 54.5 Å². The predicted molar refractivity (Wildman–Crippen MR) is 97.3 cm³/mol. The first-order valence-corrected chi connectivity index (χ1v) is 8.31. The molecule has 0 atom stereocenters. The summed E-state index contributed by atoms with van der Waals surface area (Å²) in [5.41, 5.74) is 4.47. The molecule has 0 unspecified atom stereocenters. The maximum Gasteiger partial charge on any atom is 0.416 e. The summed E-state index contributed by atoms with van der Waals surface area (Å²) in [7, 11) is 0. The Kier molecular flexibility index (Phi) is 4.14. The van der Waals surface area contributed by atoms with Crippen molar-refractivity contribution in [3.05, 3.63) is 77.4 Å². The van der Waals surface area contributed by atoms with E-state index in [0.29, 0.717) is 12.2 Å². The molecule has 0 saturated carbocycles. The summed E-state index contributed by atoms with van der Waals surface area (Å²) in [5.74, 6) is 0. The van der Waals surface area contributed by atoms with Crippen LogP contribution in [-0.2, 0) is 6.18 Å². The predicted octanol–water partition coefficient (Wildman–Crippen LogP) is 4.89. The van der Waals surface area contributed by atoms with Crippen molar-refractivity contribution in [1.29, 1.82) is 0 Å². The molecule has 136 valence electrons. The molecular weight excluding hydrogens is 353 g/mol. The van der Waals surface area contributed by atoms with Crippen molar-refractivity contribution >= 4 is 23.0 Å². The van der Waals surface area contributed by atoms with E-state index in [1.54, 1.807) is 18.6 Å². The molecule has 0 amide bonds. The lowest BCUT2D eigenvalue weighted by atomic mass is 9.99. The molecule has 27 heavy (non-hydrogen) atoms. The molecular formula is C20H15F3N4. The number of anilines is 2. The van der Waals surface area contributed by atoms with E-state index in [0.717, 1.165) is 40.2 Å². The summed E-state index contributed by atoms with van der Waals surface area (Å²) in [4.78, 5) is 6.39. The van der Waals surface area contributed by atoms with E-state index in [4.69, 9.17) is 0 Å². The summed E-state index contributed by atoms with van der Waals surface area (Å²) < 4.78 is 38.6. The molecule has 4 nitrogen and oxygen atoms in total. The van der Waals surface area contributed by atoms with Crippen molar-refractivity contribution in [3.63, 3.8) is 0 Å². The van der Waals surface area contributed by atoms with Crippen LogP contribution in [0.2, 0.25) is 0 Å². The van der Waals surface area contributed by atoms with Gasteiger partial charge in [-0.25, -0.2) is 0 Å². The van der Waals surface area contributed by atoms with Crippen LogP contribution >= 0.6 is 0 Å². The molecule has 0 fully saturated rings. The van der Waals surface area contributed by atoms with Crippen LogP contribution in [0, 0.1) is 6.92 Å². The number of nitrogens with zero attached hydrogens (tertiary/aromatic N) is 4. The van der Waals surface area contributed by atoms with Gasteiger partial charge in [0.15, 0.2) is 0 Å². The lowest BCUT2D eigenvalue weighted by molar-refractivity contribution is -0.137. The average molecular weight is 368 g/mol. The van der Waals surface area contributed by atoms with Crippen LogP contribution in [0.3, 0.4) is 0 Å². The fraction of sp³-hybridized carbons (Fsp3) is 0.150. The van der Waals surface area contributed by atoms with E-state index in [1.807, 2.05) is 30.0 Å². The summed E-state index contributed by atoms with van der Waals surface area (Å²) in [6, 6.07) is 8.98. The Morgan fingerprint density at radius 3 is 2.44 bits per heavy atom. The van der Waals surface area contributed by atoms with Crippen LogP contribution in [0.25, 0.3) is 11.6 Å². The van der Waals surface area contributed by atoms with Crippen molar-refractivity contribution in [1.82, 2.24) is 15.2 Å². The Balaban J connectivity index is 1.78. The highest BCUT2D eigenvalue weighted by atomic mass is 19.4. The molecule has 0 radical (unpaired) electrons. The second kappa shape index (κ2) is 6.50. The van der Waals surface area contributed by atoms with Gasteiger partial charge in [-0.1, -0.05) is 6.07 Å². The molecule has 0 aliphatic carbocycles. The molecule has 4 rings (SSSR count). The number of alkyl halides is 3. The number of hydrogen-bond donors (Lipinski definition) is 0. The van der Waals surface area contributed by atoms with Gasteiger partial charge in [0.05, 0.1) is 35.9 Å². The minimum atomic E-state index is -4.36. The number of aryl methyl sites for hydroxylation is 1. The Bertz CT molecular complexity index is 1010. The maximum atomic E-state index is 12.9.